The minimum Gasteiger partial charge on any atom is -0.354 e. The van der Waals surface area contributed by atoms with Crippen molar-refractivity contribution < 1.29 is 18.0 Å². The molecule has 1 aliphatic rings. The molecule has 0 aliphatic carbocycles. The number of H-pyrrole nitrogens is 1. The topological polar surface area (TPSA) is 56.6 Å². The van der Waals surface area contributed by atoms with Gasteiger partial charge in [0.1, 0.15) is 5.65 Å². The molecule has 0 unspecified atom stereocenters. The molecule has 9 heteroatoms. The van der Waals surface area contributed by atoms with E-state index in [4.69, 9.17) is 0 Å². The van der Waals surface area contributed by atoms with Crippen LogP contribution in [0.2, 0.25) is 0 Å². The summed E-state index contributed by atoms with van der Waals surface area (Å²) in [7, 11) is 3.80. The van der Waals surface area contributed by atoms with Gasteiger partial charge in [-0.05, 0) is 75.0 Å². The lowest BCUT2D eigenvalue weighted by atomic mass is 9.87. The molecule has 3 aromatic heterocycles. The van der Waals surface area contributed by atoms with Gasteiger partial charge in [0.2, 0.25) is 5.91 Å². The van der Waals surface area contributed by atoms with Crippen LogP contribution < -0.4 is 0 Å². The number of aromatic amines is 1. The van der Waals surface area contributed by atoms with Gasteiger partial charge in [-0.1, -0.05) is 19.9 Å². The van der Waals surface area contributed by atoms with E-state index in [9.17, 15) is 18.0 Å². The number of likely N-dealkylation sites (N-methyl/N-ethyl adjacent to an activating group) is 1. The standard InChI is InChI=1S/C29H34F3N5O/c1-17(2)26-22-12-20(19-8-10-36(11-9-19)25(38)16-35(4)5)6-7-24(22)34-27(26)21-13-23(29(30,31)32)28-33-18(3)14-37(28)15-21/h6-7,12-15,17,19,34H,8-11,16H2,1-5H3. The molecule has 0 radical (unpaired) electrons. The minimum atomic E-state index is -4.52. The highest BCUT2D eigenvalue weighted by atomic mass is 19.4. The fourth-order valence-corrected chi connectivity index (χ4v) is 5.71. The summed E-state index contributed by atoms with van der Waals surface area (Å²) < 4.78 is 43.5. The molecule has 1 N–H and O–H groups in total. The van der Waals surface area contributed by atoms with Crippen molar-refractivity contribution in [3.8, 4) is 11.3 Å². The van der Waals surface area contributed by atoms with Gasteiger partial charge in [-0.15, -0.1) is 0 Å². The molecule has 4 aromatic rings. The van der Waals surface area contributed by atoms with Gasteiger partial charge in [0.05, 0.1) is 23.5 Å². The van der Waals surface area contributed by atoms with Gasteiger partial charge >= 0.3 is 6.18 Å². The summed E-state index contributed by atoms with van der Waals surface area (Å²) in [5.41, 5.74) is 4.01. The summed E-state index contributed by atoms with van der Waals surface area (Å²) in [6, 6.07) is 7.55. The SMILES string of the molecule is Cc1cn2cc(-c3[nH]c4ccc(C5CCN(C(=O)CN(C)C)CC5)cc4c3C(C)C)cc(C(F)(F)F)c2n1. The molecule has 6 nitrogen and oxygen atoms in total. The Labute approximate surface area is 220 Å². The zero-order chi connectivity index (χ0) is 27.4. The molecule has 38 heavy (non-hydrogen) atoms. The van der Waals surface area contributed by atoms with E-state index in [0.29, 0.717) is 29.4 Å². The molecular weight excluding hydrogens is 491 g/mol. The van der Waals surface area contributed by atoms with Gasteiger partial charge in [0.15, 0.2) is 0 Å². The molecular formula is C29H34F3N5O. The number of pyridine rings is 1. The number of nitrogens with zero attached hydrogens (tertiary/aromatic N) is 4. The molecule has 1 aromatic carbocycles. The van der Waals surface area contributed by atoms with Crippen molar-refractivity contribution in [2.24, 2.45) is 0 Å². The largest absolute Gasteiger partial charge is 0.420 e. The first-order valence-electron chi connectivity index (χ1n) is 13.1. The molecule has 202 valence electrons. The van der Waals surface area contributed by atoms with Crippen LogP contribution in [0.15, 0.2) is 36.7 Å². The maximum absolute atomic E-state index is 14.0. The molecule has 5 rings (SSSR count). The van der Waals surface area contributed by atoms with Crippen molar-refractivity contribution in [2.45, 2.75) is 51.6 Å². The lowest BCUT2D eigenvalue weighted by Gasteiger charge is -2.33. The van der Waals surface area contributed by atoms with Crippen LogP contribution in [0.25, 0.3) is 27.8 Å². The monoisotopic (exact) mass is 525 g/mol. The maximum Gasteiger partial charge on any atom is 0.420 e. The van der Waals surface area contributed by atoms with Crippen molar-refractivity contribution in [1.82, 2.24) is 24.2 Å². The van der Waals surface area contributed by atoms with E-state index in [1.165, 1.54) is 16.0 Å². The normalized spacial score (nSPS) is 15.5. The second-order valence-electron chi connectivity index (χ2n) is 11.0. The van der Waals surface area contributed by atoms with E-state index in [-0.39, 0.29) is 17.5 Å². The lowest BCUT2D eigenvalue weighted by molar-refractivity contribution is -0.136. The average Bonchev–Trinajstić information content (AvgIpc) is 3.41. The number of carbonyl (C=O) groups is 1. The number of halogens is 3. The predicted molar refractivity (Wildman–Crippen MR) is 143 cm³/mol. The molecule has 1 saturated heterocycles. The fourth-order valence-electron chi connectivity index (χ4n) is 5.71. The molecule has 0 saturated carbocycles. The Hall–Kier alpha value is -3.33. The highest BCUT2D eigenvalue weighted by molar-refractivity contribution is 5.92. The van der Waals surface area contributed by atoms with Crippen molar-refractivity contribution in [3.05, 3.63) is 59.0 Å². The van der Waals surface area contributed by atoms with Crippen LogP contribution in [0.4, 0.5) is 13.2 Å². The number of alkyl halides is 3. The Kier molecular flexibility index (Phi) is 6.75. The summed E-state index contributed by atoms with van der Waals surface area (Å²) in [5, 5.41) is 1.04. The van der Waals surface area contributed by atoms with Crippen molar-refractivity contribution in [2.75, 3.05) is 33.7 Å². The van der Waals surface area contributed by atoms with Crippen molar-refractivity contribution >= 4 is 22.5 Å². The first kappa shape index (κ1) is 26.3. The van der Waals surface area contributed by atoms with Gasteiger partial charge in [0.25, 0.3) is 0 Å². The van der Waals surface area contributed by atoms with Gasteiger partial charge in [-0.2, -0.15) is 13.2 Å². The number of fused-ring (bicyclic) bond motifs is 2. The Bertz CT molecular complexity index is 1490. The Morgan fingerprint density at radius 1 is 1.16 bits per heavy atom. The number of aromatic nitrogens is 3. The number of imidazole rings is 1. The van der Waals surface area contributed by atoms with Gasteiger partial charge in [-0.25, -0.2) is 4.98 Å². The number of benzene rings is 1. The molecule has 1 fully saturated rings. The Morgan fingerprint density at radius 3 is 2.50 bits per heavy atom. The van der Waals surface area contributed by atoms with Crippen molar-refractivity contribution in [3.63, 3.8) is 0 Å². The third-order valence-electron chi connectivity index (χ3n) is 7.48. The smallest absolute Gasteiger partial charge is 0.354 e. The maximum atomic E-state index is 14.0. The molecule has 4 heterocycles. The van der Waals surface area contributed by atoms with E-state index in [0.717, 1.165) is 42.4 Å². The van der Waals surface area contributed by atoms with Crippen LogP contribution in [0.1, 0.15) is 60.9 Å². The molecule has 0 bridgehead atoms. The molecule has 1 amide bonds. The highest BCUT2D eigenvalue weighted by Crippen LogP contribution is 2.41. The Morgan fingerprint density at radius 2 is 1.87 bits per heavy atom. The molecule has 0 spiro atoms. The first-order valence-corrected chi connectivity index (χ1v) is 13.1. The van der Waals surface area contributed by atoms with Gasteiger partial charge in [0, 0.05) is 41.9 Å². The average molecular weight is 526 g/mol. The number of rotatable bonds is 5. The minimum absolute atomic E-state index is 0.0846. The molecule has 0 atom stereocenters. The number of amides is 1. The number of hydrogen-bond donors (Lipinski definition) is 1. The number of piperidine rings is 1. The second-order valence-corrected chi connectivity index (χ2v) is 11.0. The fraction of sp³-hybridized carbons (Fsp3) is 0.448. The summed E-state index contributed by atoms with van der Waals surface area (Å²) in [6.07, 6.45) is 0.617. The van der Waals surface area contributed by atoms with E-state index < -0.39 is 11.7 Å². The van der Waals surface area contributed by atoms with E-state index >= 15 is 0 Å². The van der Waals surface area contributed by atoms with E-state index in [1.54, 1.807) is 19.3 Å². The van der Waals surface area contributed by atoms with Crippen LogP contribution in [0, 0.1) is 6.92 Å². The van der Waals surface area contributed by atoms with Crippen LogP contribution in [0.3, 0.4) is 0 Å². The Balaban J connectivity index is 1.52. The highest BCUT2D eigenvalue weighted by Gasteiger charge is 2.35. The number of aryl methyl sites for hydroxylation is 1. The summed E-state index contributed by atoms with van der Waals surface area (Å²) in [6.45, 7) is 7.71. The number of hydrogen-bond acceptors (Lipinski definition) is 3. The van der Waals surface area contributed by atoms with Crippen molar-refractivity contribution in [1.29, 1.82) is 0 Å². The zero-order valence-electron chi connectivity index (χ0n) is 22.5. The van der Waals surface area contributed by atoms with Gasteiger partial charge in [-0.3, -0.25) is 4.79 Å². The van der Waals surface area contributed by atoms with Crippen LogP contribution >= 0.6 is 0 Å². The zero-order valence-corrected chi connectivity index (χ0v) is 22.5. The summed E-state index contributed by atoms with van der Waals surface area (Å²) in [5.74, 6) is 0.585. The number of likely N-dealkylation sites (tertiary alicyclic amines) is 1. The van der Waals surface area contributed by atoms with Crippen LogP contribution in [-0.2, 0) is 11.0 Å². The summed E-state index contributed by atoms with van der Waals surface area (Å²) >= 11 is 0. The third kappa shape index (κ3) is 4.91. The lowest BCUT2D eigenvalue weighted by Crippen LogP contribution is -2.42. The van der Waals surface area contributed by atoms with Gasteiger partial charge < -0.3 is 19.2 Å². The molecule has 1 aliphatic heterocycles. The summed E-state index contributed by atoms with van der Waals surface area (Å²) in [4.78, 5) is 23.8. The van der Waals surface area contributed by atoms with Crippen LogP contribution in [0.5, 0.6) is 0 Å². The van der Waals surface area contributed by atoms with E-state index in [1.807, 2.05) is 30.0 Å². The predicted octanol–water partition coefficient (Wildman–Crippen LogP) is 6.20. The number of carbonyl (C=O) groups excluding carboxylic acids is 1. The second kappa shape index (κ2) is 9.76. The quantitative estimate of drug-likeness (QED) is 0.338. The van der Waals surface area contributed by atoms with Crippen LogP contribution in [-0.4, -0.2) is 63.8 Å². The number of nitrogens with one attached hydrogen (secondary N) is 1. The van der Waals surface area contributed by atoms with E-state index in [2.05, 4.69) is 35.9 Å². The third-order valence-corrected chi connectivity index (χ3v) is 7.48. The first-order chi connectivity index (χ1) is 17.9.